The molecule has 0 N–H and O–H groups in total. The van der Waals surface area contributed by atoms with Crippen molar-refractivity contribution < 1.29 is 4.57 Å². The Morgan fingerprint density at radius 3 is 2.48 bits per heavy atom. The molecule has 5 rings (SSSR count). The topological polar surface area (TPSA) is 26.6 Å². The fourth-order valence-corrected chi connectivity index (χ4v) is 4.34. The van der Waals surface area contributed by atoms with Gasteiger partial charge in [-0.25, -0.2) is 4.57 Å². The predicted molar refractivity (Wildman–Crippen MR) is 121 cm³/mol. The SMILES string of the molecule is C[n+]1ccn(-n2c3ccccc3c3ncccc32)c1-c1ccccc1C(C)(C)S. The Kier molecular flexibility index (Phi) is 4.03. The van der Waals surface area contributed by atoms with Crippen molar-refractivity contribution in [3.63, 3.8) is 0 Å². The number of pyridine rings is 1. The van der Waals surface area contributed by atoms with E-state index in [1.54, 1.807) is 0 Å². The molecular formula is C24H23N4S+. The van der Waals surface area contributed by atoms with E-state index in [4.69, 9.17) is 12.6 Å². The van der Waals surface area contributed by atoms with E-state index in [0.29, 0.717) is 0 Å². The molecule has 0 radical (unpaired) electrons. The molecule has 5 heteroatoms. The monoisotopic (exact) mass is 399 g/mol. The first-order valence-corrected chi connectivity index (χ1v) is 10.2. The van der Waals surface area contributed by atoms with E-state index in [2.05, 4.69) is 107 Å². The van der Waals surface area contributed by atoms with Gasteiger partial charge in [0.05, 0.1) is 23.6 Å². The molecule has 0 spiro atoms. The molecule has 29 heavy (non-hydrogen) atoms. The van der Waals surface area contributed by atoms with Crippen molar-refractivity contribution in [3.8, 4) is 11.4 Å². The van der Waals surface area contributed by atoms with E-state index >= 15 is 0 Å². The first-order chi connectivity index (χ1) is 14.0. The second-order valence-corrected chi connectivity index (χ2v) is 9.00. The second kappa shape index (κ2) is 6.49. The molecule has 2 aromatic carbocycles. The van der Waals surface area contributed by atoms with Crippen LogP contribution in [0.2, 0.25) is 0 Å². The van der Waals surface area contributed by atoms with Crippen LogP contribution in [0.25, 0.3) is 33.3 Å². The Balaban J connectivity index is 1.89. The van der Waals surface area contributed by atoms with Gasteiger partial charge in [-0.2, -0.15) is 17.3 Å². The highest BCUT2D eigenvalue weighted by Crippen LogP contribution is 2.35. The van der Waals surface area contributed by atoms with Crippen molar-refractivity contribution >= 4 is 34.6 Å². The summed E-state index contributed by atoms with van der Waals surface area (Å²) in [5, 5.41) is 1.15. The van der Waals surface area contributed by atoms with Gasteiger partial charge >= 0.3 is 5.82 Å². The predicted octanol–water partition coefficient (Wildman–Crippen LogP) is 4.96. The molecule has 0 unspecified atom stereocenters. The van der Waals surface area contributed by atoms with Crippen LogP contribution in [0.4, 0.5) is 0 Å². The number of para-hydroxylation sites is 1. The molecule has 0 bridgehead atoms. The molecule has 4 nitrogen and oxygen atoms in total. The van der Waals surface area contributed by atoms with Crippen LogP contribution in [-0.2, 0) is 11.8 Å². The Bertz CT molecular complexity index is 1300. The van der Waals surface area contributed by atoms with Crippen LogP contribution in [0.5, 0.6) is 0 Å². The lowest BCUT2D eigenvalue weighted by molar-refractivity contribution is -0.659. The zero-order valence-corrected chi connectivity index (χ0v) is 17.6. The first kappa shape index (κ1) is 18.0. The lowest BCUT2D eigenvalue weighted by Gasteiger charge is -2.21. The first-order valence-electron chi connectivity index (χ1n) is 9.71. The van der Waals surface area contributed by atoms with Crippen LogP contribution in [0, 0.1) is 0 Å². The van der Waals surface area contributed by atoms with Crippen LogP contribution in [-0.4, -0.2) is 14.3 Å². The summed E-state index contributed by atoms with van der Waals surface area (Å²) in [6.45, 7) is 4.26. The van der Waals surface area contributed by atoms with Crippen LogP contribution in [0.1, 0.15) is 19.4 Å². The lowest BCUT2D eigenvalue weighted by Crippen LogP contribution is -2.31. The Morgan fingerprint density at radius 1 is 0.931 bits per heavy atom. The zero-order valence-electron chi connectivity index (χ0n) is 16.7. The molecular weight excluding hydrogens is 376 g/mol. The Labute approximate surface area is 175 Å². The number of fused-ring (bicyclic) bond motifs is 3. The minimum Gasteiger partial charge on any atom is -0.254 e. The summed E-state index contributed by atoms with van der Waals surface area (Å²) < 4.78 is 6.36. The fraction of sp³-hybridized carbons (Fsp3) is 0.167. The minimum atomic E-state index is -0.263. The van der Waals surface area contributed by atoms with E-state index in [0.717, 1.165) is 33.3 Å². The summed E-state index contributed by atoms with van der Waals surface area (Å²) in [5.74, 6) is 1.09. The normalized spacial score (nSPS) is 12.1. The third-order valence-corrected chi connectivity index (χ3v) is 5.67. The van der Waals surface area contributed by atoms with Gasteiger partial charge in [0, 0.05) is 16.3 Å². The summed E-state index contributed by atoms with van der Waals surface area (Å²) >= 11 is 4.87. The lowest BCUT2D eigenvalue weighted by atomic mass is 9.96. The number of aromatic nitrogens is 4. The number of nitrogens with zero attached hydrogens (tertiary/aromatic N) is 4. The van der Waals surface area contributed by atoms with Crippen LogP contribution in [0.3, 0.4) is 0 Å². The summed E-state index contributed by atoms with van der Waals surface area (Å²) in [5.41, 5.74) is 5.57. The number of benzene rings is 2. The highest BCUT2D eigenvalue weighted by atomic mass is 32.1. The fourth-order valence-electron chi connectivity index (χ4n) is 4.15. The van der Waals surface area contributed by atoms with Gasteiger partial charge in [0.2, 0.25) is 0 Å². The average molecular weight is 400 g/mol. The van der Waals surface area contributed by atoms with Gasteiger partial charge in [-0.1, -0.05) is 36.4 Å². The number of imidazole rings is 1. The molecule has 0 aliphatic carbocycles. The number of aryl methyl sites for hydroxylation is 1. The number of hydrogen-bond donors (Lipinski definition) is 1. The largest absolute Gasteiger partial charge is 0.313 e. The summed E-state index contributed by atoms with van der Waals surface area (Å²) in [4.78, 5) is 4.67. The second-order valence-electron chi connectivity index (χ2n) is 7.88. The van der Waals surface area contributed by atoms with Crippen molar-refractivity contribution in [1.82, 2.24) is 14.3 Å². The van der Waals surface area contributed by atoms with Crippen LogP contribution < -0.4 is 4.57 Å². The van der Waals surface area contributed by atoms with Gasteiger partial charge in [-0.3, -0.25) is 4.98 Å². The highest BCUT2D eigenvalue weighted by Gasteiger charge is 2.28. The van der Waals surface area contributed by atoms with Gasteiger partial charge < -0.3 is 0 Å². The molecule has 144 valence electrons. The van der Waals surface area contributed by atoms with E-state index in [1.807, 2.05) is 12.3 Å². The molecule has 5 aromatic rings. The molecule has 0 amide bonds. The highest BCUT2D eigenvalue weighted by molar-refractivity contribution is 7.81. The standard InChI is InChI=1S/C24H22N4S/c1-24(2,29)19-11-6-4-9-17(19)23-26(3)15-16-27(23)28-20-12-7-5-10-18(20)22-21(28)13-8-14-25-22/h4-16H,1-3H3/p+1. The minimum absolute atomic E-state index is 0.263. The van der Waals surface area contributed by atoms with Crippen molar-refractivity contribution in [3.05, 3.63) is 84.8 Å². The van der Waals surface area contributed by atoms with Crippen LogP contribution in [0.15, 0.2) is 79.3 Å². The average Bonchev–Trinajstić information content (AvgIpc) is 3.25. The quantitative estimate of drug-likeness (QED) is 0.337. The van der Waals surface area contributed by atoms with Gasteiger partial charge in [-0.15, -0.1) is 4.68 Å². The smallest absolute Gasteiger partial charge is 0.254 e. The Morgan fingerprint density at radius 2 is 1.66 bits per heavy atom. The van der Waals surface area contributed by atoms with E-state index in [1.165, 1.54) is 5.56 Å². The summed E-state index contributed by atoms with van der Waals surface area (Å²) in [6, 6.07) is 21.0. The zero-order chi connectivity index (χ0) is 20.2. The molecule has 3 aromatic heterocycles. The maximum absolute atomic E-state index is 4.87. The van der Waals surface area contributed by atoms with E-state index < -0.39 is 0 Å². The molecule has 0 aliphatic rings. The number of thiol groups is 1. The summed E-state index contributed by atoms with van der Waals surface area (Å²) in [7, 11) is 2.08. The van der Waals surface area contributed by atoms with Crippen molar-refractivity contribution in [2.24, 2.45) is 7.05 Å². The van der Waals surface area contributed by atoms with Gasteiger partial charge in [0.1, 0.15) is 11.7 Å². The number of hydrogen-bond acceptors (Lipinski definition) is 2. The van der Waals surface area contributed by atoms with Crippen molar-refractivity contribution in [1.29, 1.82) is 0 Å². The molecule has 0 saturated heterocycles. The molecule has 0 aliphatic heterocycles. The molecule has 0 fully saturated rings. The maximum Gasteiger partial charge on any atom is 0.313 e. The summed E-state index contributed by atoms with van der Waals surface area (Å²) in [6.07, 6.45) is 6.06. The molecule has 0 atom stereocenters. The van der Waals surface area contributed by atoms with Gasteiger partial charge in [0.25, 0.3) is 0 Å². The molecule has 0 saturated carbocycles. The van der Waals surface area contributed by atoms with Gasteiger partial charge in [-0.05, 0) is 43.7 Å². The Hall–Kier alpha value is -3.05. The third-order valence-electron chi connectivity index (χ3n) is 5.43. The third kappa shape index (κ3) is 2.76. The van der Waals surface area contributed by atoms with E-state index in [-0.39, 0.29) is 4.75 Å². The van der Waals surface area contributed by atoms with Gasteiger partial charge in [0.15, 0.2) is 6.20 Å². The van der Waals surface area contributed by atoms with Crippen molar-refractivity contribution in [2.45, 2.75) is 18.6 Å². The number of rotatable bonds is 3. The maximum atomic E-state index is 4.87. The van der Waals surface area contributed by atoms with Crippen molar-refractivity contribution in [2.75, 3.05) is 0 Å². The van der Waals surface area contributed by atoms with E-state index in [9.17, 15) is 0 Å². The molecule has 3 heterocycles. The van der Waals surface area contributed by atoms with Crippen LogP contribution >= 0.6 is 12.6 Å².